The molecule has 0 N–H and O–H groups in total. The molecule has 0 amide bonds. The van der Waals surface area contributed by atoms with Crippen LogP contribution in [-0.4, -0.2) is 0 Å². The minimum absolute atomic E-state index is 0.724. The number of halogens is 1. The summed E-state index contributed by atoms with van der Waals surface area (Å²) in [5, 5.41) is 13.7. The number of aromatic nitrogens is 1. The Morgan fingerprint density at radius 1 is 1.21 bits per heavy atom. The molecule has 0 atom stereocenters. The van der Waals surface area contributed by atoms with Gasteiger partial charge in [0.2, 0.25) is 0 Å². The Morgan fingerprint density at radius 3 is 2.64 bits per heavy atom. The second-order valence-corrected chi connectivity index (χ2v) is 4.22. The van der Waals surface area contributed by atoms with Crippen LogP contribution in [0.2, 0.25) is 0 Å². The van der Waals surface area contributed by atoms with Crippen LogP contribution in [0.3, 0.4) is 0 Å². The Hall–Kier alpha value is -1.09. The van der Waals surface area contributed by atoms with Crippen molar-refractivity contribution in [2.45, 2.75) is 13.8 Å². The van der Waals surface area contributed by atoms with Crippen LogP contribution in [0, 0.1) is 19.1 Å². The van der Waals surface area contributed by atoms with Gasteiger partial charge in [-0.1, -0.05) is 22.0 Å². The minimum atomic E-state index is 0.724. The molecule has 2 aromatic rings. The number of fused-ring (bicyclic) bond motifs is 1. The SMILES string of the molecule is Cc1cc2c(Br)cccc2c(C)[n+]1[O-]. The van der Waals surface area contributed by atoms with Crippen molar-refractivity contribution in [2.75, 3.05) is 0 Å². The number of benzene rings is 1. The van der Waals surface area contributed by atoms with Crippen molar-refractivity contribution in [3.8, 4) is 0 Å². The number of nitrogens with zero attached hydrogens (tertiary/aromatic N) is 1. The molecule has 3 heteroatoms. The molecule has 0 radical (unpaired) electrons. The van der Waals surface area contributed by atoms with Crippen molar-refractivity contribution in [1.82, 2.24) is 0 Å². The molecule has 1 aromatic carbocycles. The highest BCUT2D eigenvalue weighted by molar-refractivity contribution is 9.10. The van der Waals surface area contributed by atoms with E-state index >= 15 is 0 Å². The first-order valence-electron chi connectivity index (χ1n) is 4.39. The molecule has 0 aliphatic heterocycles. The Morgan fingerprint density at radius 2 is 1.93 bits per heavy atom. The lowest BCUT2D eigenvalue weighted by atomic mass is 10.1. The third-order valence-corrected chi connectivity index (χ3v) is 3.11. The Balaban J connectivity index is 2.98. The summed E-state index contributed by atoms with van der Waals surface area (Å²) in [7, 11) is 0. The lowest BCUT2D eigenvalue weighted by Gasteiger charge is -2.08. The van der Waals surface area contributed by atoms with Crippen molar-refractivity contribution in [3.05, 3.63) is 45.3 Å². The number of aryl methyl sites for hydroxylation is 2. The molecule has 0 fully saturated rings. The first kappa shape index (κ1) is 9.46. The van der Waals surface area contributed by atoms with E-state index in [-0.39, 0.29) is 0 Å². The molecule has 0 saturated heterocycles. The molecule has 0 unspecified atom stereocenters. The molecule has 72 valence electrons. The van der Waals surface area contributed by atoms with Gasteiger partial charge in [-0.3, -0.25) is 0 Å². The number of pyridine rings is 1. The number of hydrogen-bond donors (Lipinski definition) is 0. The predicted octanol–water partition coefficient (Wildman–Crippen LogP) is 2.85. The maximum Gasteiger partial charge on any atom is 0.197 e. The molecule has 14 heavy (non-hydrogen) atoms. The zero-order valence-corrected chi connectivity index (χ0v) is 9.63. The molecule has 2 nitrogen and oxygen atoms in total. The minimum Gasteiger partial charge on any atom is -0.618 e. The van der Waals surface area contributed by atoms with E-state index in [2.05, 4.69) is 15.9 Å². The van der Waals surface area contributed by atoms with E-state index in [1.165, 1.54) is 0 Å². The van der Waals surface area contributed by atoms with Crippen molar-refractivity contribution in [2.24, 2.45) is 0 Å². The molecular weight excluding hydrogens is 242 g/mol. The standard InChI is InChI=1S/C11H10BrNO/c1-7-6-10-9(8(2)13(7)14)4-3-5-11(10)12/h3-6H,1-2H3. The molecule has 0 aliphatic carbocycles. The maximum absolute atomic E-state index is 11.6. The summed E-state index contributed by atoms with van der Waals surface area (Å²) in [5.74, 6) is 0. The van der Waals surface area contributed by atoms with E-state index in [9.17, 15) is 5.21 Å². The van der Waals surface area contributed by atoms with Gasteiger partial charge in [-0.15, -0.1) is 0 Å². The fourth-order valence-electron chi connectivity index (χ4n) is 1.64. The van der Waals surface area contributed by atoms with Crippen LogP contribution in [0.1, 0.15) is 11.4 Å². The van der Waals surface area contributed by atoms with Crippen molar-refractivity contribution in [3.63, 3.8) is 0 Å². The molecule has 2 rings (SSSR count). The quantitative estimate of drug-likeness (QED) is 0.523. The average molecular weight is 252 g/mol. The average Bonchev–Trinajstić information content (AvgIpc) is 2.17. The van der Waals surface area contributed by atoms with Crippen LogP contribution in [0.5, 0.6) is 0 Å². The van der Waals surface area contributed by atoms with Gasteiger partial charge in [-0.25, -0.2) is 0 Å². The molecule has 0 saturated carbocycles. The van der Waals surface area contributed by atoms with Crippen molar-refractivity contribution >= 4 is 26.7 Å². The topological polar surface area (TPSA) is 26.9 Å². The largest absolute Gasteiger partial charge is 0.618 e. The highest BCUT2D eigenvalue weighted by Gasteiger charge is 2.10. The normalized spacial score (nSPS) is 10.8. The van der Waals surface area contributed by atoms with Gasteiger partial charge in [-0.05, 0) is 12.1 Å². The number of hydrogen-bond acceptors (Lipinski definition) is 1. The van der Waals surface area contributed by atoms with Crippen LogP contribution < -0.4 is 4.73 Å². The molecule has 1 heterocycles. The van der Waals surface area contributed by atoms with Crippen molar-refractivity contribution in [1.29, 1.82) is 0 Å². The second-order valence-electron chi connectivity index (χ2n) is 3.37. The molecule has 0 bridgehead atoms. The zero-order chi connectivity index (χ0) is 10.3. The van der Waals surface area contributed by atoms with Gasteiger partial charge >= 0.3 is 0 Å². The molecule has 0 spiro atoms. The van der Waals surface area contributed by atoms with Gasteiger partial charge in [0, 0.05) is 29.8 Å². The summed E-state index contributed by atoms with van der Waals surface area (Å²) in [5.41, 5.74) is 1.48. The van der Waals surface area contributed by atoms with E-state index < -0.39 is 0 Å². The fourth-order valence-corrected chi connectivity index (χ4v) is 2.12. The van der Waals surface area contributed by atoms with E-state index in [4.69, 9.17) is 0 Å². The summed E-state index contributed by atoms with van der Waals surface area (Å²) in [4.78, 5) is 0. The van der Waals surface area contributed by atoms with Gasteiger partial charge in [0.05, 0.1) is 5.39 Å². The smallest absolute Gasteiger partial charge is 0.197 e. The highest BCUT2D eigenvalue weighted by atomic mass is 79.9. The third kappa shape index (κ3) is 1.28. The van der Waals surface area contributed by atoms with E-state index in [0.29, 0.717) is 0 Å². The van der Waals surface area contributed by atoms with Crippen LogP contribution in [-0.2, 0) is 0 Å². The van der Waals surface area contributed by atoms with Gasteiger partial charge in [0.15, 0.2) is 11.4 Å². The van der Waals surface area contributed by atoms with E-state index in [0.717, 1.165) is 31.4 Å². The van der Waals surface area contributed by atoms with E-state index in [1.807, 2.05) is 38.1 Å². The van der Waals surface area contributed by atoms with Gasteiger partial charge in [0.1, 0.15) is 0 Å². The number of rotatable bonds is 0. The van der Waals surface area contributed by atoms with Gasteiger partial charge in [-0.2, -0.15) is 4.73 Å². The van der Waals surface area contributed by atoms with Crippen LogP contribution in [0.25, 0.3) is 10.8 Å². The molecular formula is C11H10BrNO. The second kappa shape index (κ2) is 3.24. The Bertz CT molecular complexity index is 508. The first-order chi connectivity index (χ1) is 6.61. The predicted molar refractivity (Wildman–Crippen MR) is 60.1 cm³/mol. The summed E-state index contributed by atoms with van der Waals surface area (Å²) >= 11 is 3.48. The van der Waals surface area contributed by atoms with Crippen molar-refractivity contribution < 1.29 is 4.73 Å². The van der Waals surface area contributed by atoms with Crippen LogP contribution >= 0.6 is 15.9 Å². The van der Waals surface area contributed by atoms with Crippen LogP contribution in [0.15, 0.2) is 28.7 Å². The summed E-state index contributed by atoms with van der Waals surface area (Å²) < 4.78 is 2.00. The lowest BCUT2D eigenvalue weighted by Crippen LogP contribution is -2.33. The van der Waals surface area contributed by atoms with Crippen LogP contribution in [0.4, 0.5) is 0 Å². The fraction of sp³-hybridized carbons (Fsp3) is 0.182. The Labute approximate surface area is 90.9 Å². The van der Waals surface area contributed by atoms with Gasteiger partial charge < -0.3 is 5.21 Å². The Kier molecular flexibility index (Phi) is 2.19. The highest BCUT2D eigenvalue weighted by Crippen LogP contribution is 2.24. The first-order valence-corrected chi connectivity index (χ1v) is 5.18. The summed E-state index contributed by atoms with van der Waals surface area (Å²) in [6.07, 6.45) is 0. The summed E-state index contributed by atoms with van der Waals surface area (Å²) in [6, 6.07) is 7.79. The zero-order valence-electron chi connectivity index (χ0n) is 8.04. The lowest BCUT2D eigenvalue weighted by molar-refractivity contribution is -0.617. The summed E-state index contributed by atoms with van der Waals surface area (Å²) in [6.45, 7) is 3.66. The maximum atomic E-state index is 11.6. The third-order valence-electron chi connectivity index (χ3n) is 2.42. The van der Waals surface area contributed by atoms with Gasteiger partial charge in [0.25, 0.3) is 0 Å². The van der Waals surface area contributed by atoms with E-state index in [1.54, 1.807) is 0 Å². The monoisotopic (exact) mass is 251 g/mol. The molecule has 1 aromatic heterocycles. The molecule has 0 aliphatic rings.